The van der Waals surface area contributed by atoms with Crippen molar-refractivity contribution in [3.05, 3.63) is 29.3 Å². The van der Waals surface area contributed by atoms with E-state index in [0.29, 0.717) is 5.75 Å². The Kier molecular flexibility index (Phi) is 16.3. The van der Waals surface area contributed by atoms with E-state index in [1.54, 1.807) is 29.1 Å². The van der Waals surface area contributed by atoms with Crippen LogP contribution in [0.3, 0.4) is 0 Å². The molecule has 1 aromatic carbocycles. The van der Waals surface area contributed by atoms with Crippen LogP contribution in [0.1, 0.15) is 126 Å². The molecule has 0 aliphatic rings. The van der Waals surface area contributed by atoms with Crippen molar-refractivity contribution < 1.29 is 13.0 Å². The Morgan fingerprint density at radius 1 is 0.793 bits per heavy atom. The third-order valence-corrected chi connectivity index (χ3v) is 6.14. The van der Waals surface area contributed by atoms with Crippen molar-refractivity contribution in [2.24, 2.45) is 0 Å². The van der Waals surface area contributed by atoms with Gasteiger partial charge in [-0.2, -0.15) is 0 Å². The lowest BCUT2D eigenvalue weighted by molar-refractivity contribution is 0.0695. The number of para-hydroxylation sites is 1. The smallest absolute Gasteiger partial charge is 0.339 e. The van der Waals surface area contributed by atoms with Gasteiger partial charge in [-0.1, -0.05) is 115 Å². The standard InChI is InChI=1S/C25H41IO3/c1-2-3-4-5-6-7-8-9-10-11-12-13-14-15-16-17-19-22-20-18-21-23(25(27)28)24(22)29-26/h18,20-21H,2-17,19H2,1H3,(H,27,28). The summed E-state index contributed by atoms with van der Waals surface area (Å²) in [5, 5.41) is 9.25. The van der Waals surface area contributed by atoms with Gasteiger partial charge in [-0.3, -0.25) is 0 Å². The molecule has 0 bridgehead atoms. The van der Waals surface area contributed by atoms with Crippen LogP contribution in [0.4, 0.5) is 0 Å². The number of aryl methyl sites for hydroxylation is 1. The van der Waals surface area contributed by atoms with Gasteiger partial charge >= 0.3 is 5.97 Å². The molecule has 0 atom stereocenters. The molecular formula is C25H41IO3. The van der Waals surface area contributed by atoms with E-state index in [1.807, 2.05) is 12.1 Å². The minimum Gasteiger partial charge on any atom is -0.478 e. The van der Waals surface area contributed by atoms with Gasteiger partial charge in [0.15, 0.2) is 28.8 Å². The zero-order valence-electron chi connectivity index (χ0n) is 18.4. The van der Waals surface area contributed by atoms with Gasteiger partial charge in [0.2, 0.25) is 0 Å². The van der Waals surface area contributed by atoms with Gasteiger partial charge in [0.1, 0.15) is 5.56 Å². The molecule has 1 N–H and O–H groups in total. The molecule has 166 valence electrons. The first kappa shape index (κ1) is 26.3. The number of aromatic carboxylic acids is 1. The topological polar surface area (TPSA) is 46.5 Å². The normalized spacial score (nSPS) is 11.0. The number of hydrogen-bond acceptors (Lipinski definition) is 2. The molecule has 29 heavy (non-hydrogen) atoms. The fourth-order valence-electron chi connectivity index (χ4n) is 3.90. The molecule has 4 heteroatoms. The summed E-state index contributed by atoms with van der Waals surface area (Å²) in [4.78, 5) is 11.3. The number of benzene rings is 1. The number of carbonyl (C=O) groups is 1. The Bertz CT molecular complexity index is 545. The van der Waals surface area contributed by atoms with Crippen LogP contribution in [0.25, 0.3) is 0 Å². The summed E-state index contributed by atoms with van der Waals surface area (Å²) in [6.07, 6.45) is 22.7. The molecule has 0 heterocycles. The monoisotopic (exact) mass is 516 g/mol. The van der Waals surface area contributed by atoms with Crippen molar-refractivity contribution >= 4 is 29.0 Å². The number of carboxylic acids is 1. The third-order valence-electron chi connectivity index (χ3n) is 5.70. The molecule has 1 aromatic rings. The Labute approximate surface area is 192 Å². The second-order valence-corrected chi connectivity index (χ2v) is 8.67. The molecule has 0 saturated carbocycles. The molecular weight excluding hydrogens is 475 g/mol. The Hall–Kier alpha value is -0.780. The highest BCUT2D eigenvalue weighted by molar-refractivity contribution is 14.1. The molecule has 0 spiro atoms. The average molecular weight is 517 g/mol. The van der Waals surface area contributed by atoms with Crippen LogP contribution in [0.2, 0.25) is 0 Å². The highest BCUT2D eigenvalue weighted by Crippen LogP contribution is 2.27. The van der Waals surface area contributed by atoms with E-state index < -0.39 is 5.97 Å². The van der Waals surface area contributed by atoms with Gasteiger partial charge in [0.25, 0.3) is 0 Å². The van der Waals surface area contributed by atoms with Crippen LogP contribution in [0.5, 0.6) is 5.75 Å². The fourth-order valence-corrected chi connectivity index (χ4v) is 4.42. The van der Waals surface area contributed by atoms with Crippen LogP contribution in [0, 0.1) is 0 Å². The number of carboxylic acid groups (broad SMARTS) is 1. The van der Waals surface area contributed by atoms with E-state index >= 15 is 0 Å². The van der Waals surface area contributed by atoms with Crippen LogP contribution in [-0.2, 0) is 6.42 Å². The van der Waals surface area contributed by atoms with Gasteiger partial charge in [-0.05, 0) is 24.5 Å². The summed E-state index contributed by atoms with van der Waals surface area (Å²) in [7, 11) is 0. The summed E-state index contributed by atoms with van der Waals surface area (Å²) in [6, 6.07) is 5.39. The van der Waals surface area contributed by atoms with Crippen molar-refractivity contribution in [2.75, 3.05) is 0 Å². The SMILES string of the molecule is CCCCCCCCCCCCCCCCCCc1cccc(C(=O)O)c1OI. The first-order valence-electron chi connectivity index (χ1n) is 11.8. The van der Waals surface area contributed by atoms with Crippen molar-refractivity contribution in [2.45, 2.75) is 116 Å². The van der Waals surface area contributed by atoms with Gasteiger partial charge in [0, 0.05) is 0 Å². The van der Waals surface area contributed by atoms with Crippen molar-refractivity contribution in [1.29, 1.82) is 0 Å². The minimum atomic E-state index is -0.925. The second-order valence-electron chi connectivity index (χ2n) is 8.23. The van der Waals surface area contributed by atoms with Gasteiger partial charge in [-0.15, -0.1) is 0 Å². The largest absolute Gasteiger partial charge is 0.478 e. The number of unbranched alkanes of at least 4 members (excludes halogenated alkanes) is 15. The number of halogens is 1. The number of hydrogen-bond donors (Lipinski definition) is 1. The maximum absolute atomic E-state index is 11.3. The Balaban J connectivity index is 1.96. The van der Waals surface area contributed by atoms with E-state index in [9.17, 15) is 9.90 Å². The first-order chi connectivity index (χ1) is 14.2. The van der Waals surface area contributed by atoms with E-state index in [1.165, 1.54) is 96.3 Å². The fraction of sp³-hybridized carbons (Fsp3) is 0.720. The van der Waals surface area contributed by atoms with E-state index in [4.69, 9.17) is 3.07 Å². The van der Waals surface area contributed by atoms with E-state index in [-0.39, 0.29) is 5.56 Å². The molecule has 3 nitrogen and oxygen atoms in total. The Morgan fingerprint density at radius 2 is 1.24 bits per heavy atom. The maximum Gasteiger partial charge on any atom is 0.339 e. The zero-order chi connectivity index (χ0) is 21.2. The summed E-state index contributed by atoms with van der Waals surface area (Å²) >= 11 is 1.78. The number of rotatable bonds is 19. The highest BCUT2D eigenvalue weighted by atomic mass is 127. The summed E-state index contributed by atoms with van der Waals surface area (Å²) in [5.74, 6) is -0.410. The lowest BCUT2D eigenvalue weighted by Gasteiger charge is -2.09. The molecule has 0 aliphatic carbocycles. The lowest BCUT2D eigenvalue weighted by atomic mass is 10.0. The van der Waals surface area contributed by atoms with Crippen LogP contribution in [0.15, 0.2) is 18.2 Å². The molecule has 0 unspecified atom stereocenters. The second kappa shape index (κ2) is 18.0. The molecule has 0 aromatic heterocycles. The first-order valence-corrected chi connectivity index (χ1v) is 12.7. The zero-order valence-corrected chi connectivity index (χ0v) is 20.6. The maximum atomic E-state index is 11.3. The molecule has 0 amide bonds. The van der Waals surface area contributed by atoms with Crippen LogP contribution < -0.4 is 3.07 Å². The highest BCUT2D eigenvalue weighted by Gasteiger charge is 2.14. The molecule has 0 radical (unpaired) electrons. The third kappa shape index (κ3) is 12.5. The summed E-state index contributed by atoms with van der Waals surface area (Å²) < 4.78 is 5.31. The van der Waals surface area contributed by atoms with E-state index in [0.717, 1.165) is 18.4 Å². The van der Waals surface area contributed by atoms with Gasteiger partial charge < -0.3 is 8.17 Å². The molecule has 0 saturated heterocycles. The van der Waals surface area contributed by atoms with E-state index in [2.05, 4.69) is 6.92 Å². The summed E-state index contributed by atoms with van der Waals surface area (Å²) in [5.41, 5.74) is 1.26. The van der Waals surface area contributed by atoms with Crippen LogP contribution in [-0.4, -0.2) is 11.1 Å². The van der Waals surface area contributed by atoms with Gasteiger partial charge in [-0.25, -0.2) is 4.79 Å². The molecule has 1 rings (SSSR count). The average Bonchev–Trinajstić information content (AvgIpc) is 2.73. The van der Waals surface area contributed by atoms with Crippen molar-refractivity contribution in [3.8, 4) is 5.75 Å². The predicted molar refractivity (Wildman–Crippen MR) is 131 cm³/mol. The molecule has 0 aliphatic heterocycles. The minimum absolute atomic E-state index is 0.258. The van der Waals surface area contributed by atoms with Crippen LogP contribution >= 0.6 is 23.0 Å². The molecule has 0 fully saturated rings. The van der Waals surface area contributed by atoms with Crippen molar-refractivity contribution in [1.82, 2.24) is 0 Å². The summed E-state index contributed by atoms with van der Waals surface area (Å²) in [6.45, 7) is 2.28. The van der Waals surface area contributed by atoms with Crippen molar-refractivity contribution in [3.63, 3.8) is 0 Å². The predicted octanol–water partition coefficient (Wildman–Crippen LogP) is 8.92. The Morgan fingerprint density at radius 3 is 1.66 bits per heavy atom. The quantitative estimate of drug-likeness (QED) is 0.148. The van der Waals surface area contributed by atoms with Gasteiger partial charge in [0.05, 0.1) is 0 Å². The lowest BCUT2D eigenvalue weighted by Crippen LogP contribution is -2.01.